The zero-order chi connectivity index (χ0) is 17.9. The Bertz CT molecular complexity index is 763. The lowest BCUT2D eigenvalue weighted by Crippen LogP contribution is -2.49. The molecule has 2 aromatic rings. The van der Waals surface area contributed by atoms with Crippen molar-refractivity contribution < 1.29 is 9.32 Å². The summed E-state index contributed by atoms with van der Waals surface area (Å²) < 4.78 is 5.01. The topological polar surface area (TPSA) is 78.6 Å². The number of aryl methyl sites for hydroxylation is 1. The Labute approximate surface area is 152 Å². The second-order valence-corrected chi connectivity index (χ2v) is 6.86. The predicted octanol–water partition coefficient (Wildman–Crippen LogP) is 1.73. The summed E-state index contributed by atoms with van der Waals surface area (Å²) >= 11 is 0. The number of carbonyl (C=O) groups excluding carboxylic acids is 1. The number of aromatic nitrogens is 3. The van der Waals surface area contributed by atoms with Gasteiger partial charge in [0.1, 0.15) is 29.3 Å². The fourth-order valence-corrected chi connectivity index (χ4v) is 3.62. The molecule has 2 fully saturated rings. The minimum Gasteiger partial charge on any atom is -0.361 e. The van der Waals surface area contributed by atoms with Crippen LogP contribution in [0, 0.1) is 6.92 Å². The second kappa shape index (κ2) is 7.31. The van der Waals surface area contributed by atoms with Gasteiger partial charge in [-0.3, -0.25) is 4.79 Å². The third kappa shape index (κ3) is 3.36. The predicted molar refractivity (Wildman–Crippen MR) is 97.5 cm³/mol. The van der Waals surface area contributed by atoms with E-state index in [9.17, 15) is 4.79 Å². The molecule has 0 spiro atoms. The van der Waals surface area contributed by atoms with Crippen LogP contribution in [0.2, 0.25) is 0 Å². The van der Waals surface area contributed by atoms with Crippen LogP contribution in [-0.4, -0.2) is 65.2 Å². The molecule has 2 aromatic heterocycles. The van der Waals surface area contributed by atoms with Crippen molar-refractivity contribution in [1.29, 1.82) is 0 Å². The molecule has 8 nitrogen and oxygen atoms in total. The van der Waals surface area contributed by atoms with Crippen molar-refractivity contribution in [2.75, 3.05) is 49.1 Å². The van der Waals surface area contributed by atoms with Gasteiger partial charge in [0.25, 0.3) is 5.91 Å². The average molecular weight is 356 g/mol. The number of nitrogens with zero attached hydrogens (tertiary/aromatic N) is 6. The summed E-state index contributed by atoms with van der Waals surface area (Å²) in [6, 6.07) is 2.08. The molecule has 0 radical (unpaired) electrons. The molecular weight excluding hydrogens is 332 g/mol. The first-order valence-electron chi connectivity index (χ1n) is 9.25. The van der Waals surface area contributed by atoms with Crippen LogP contribution in [0.3, 0.4) is 0 Å². The number of hydrogen-bond donors (Lipinski definition) is 0. The summed E-state index contributed by atoms with van der Waals surface area (Å²) in [4.78, 5) is 27.9. The summed E-state index contributed by atoms with van der Waals surface area (Å²) in [5.74, 6) is 2.50. The second-order valence-electron chi connectivity index (χ2n) is 6.86. The highest BCUT2D eigenvalue weighted by Crippen LogP contribution is 2.22. The third-order valence-electron chi connectivity index (χ3n) is 5.19. The summed E-state index contributed by atoms with van der Waals surface area (Å²) in [6.45, 7) is 6.73. The highest BCUT2D eigenvalue weighted by atomic mass is 16.5. The standard InChI is InChI=1S/C18H24N6O2/c1-14-15(12-21-26-14)18(25)24-9-7-23(8-10-24)17-11-16(19-13-20-17)22-5-3-2-4-6-22/h11-13H,2-10H2,1H3. The molecule has 26 heavy (non-hydrogen) atoms. The van der Waals surface area contributed by atoms with Crippen LogP contribution in [0.5, 0.6) is 0 Å². The third-order valence-corrected chi connectivity index (χ3v) is 5.19. The van der Waals surface area contributed by atoms with Crippen LogP contribution >= 0.6 is 0 Å². The zero-order valence-electron chi connectivity index (χ0n) is 15.1. The van der Waals surface area contributed by atoms with E-state index in [1.165, 1.54) is 25.5 Å². The van der Waals surface area contributed by atoms with Gasteiger partial charge in [-0.25, -0.2) is 9.97 Å². The number of hydrogen-bond acceptors (Lipinski definition) is 7. The Balaban J connectivity index is 1.40. The van der Waals surface area contributed by atoms with E-state index in [-0.39, 0.29) is 5.91 Å². The quantitative estimate of drug-likeness (QED) is 0.828. The van der Waals surface area contributed by atoms with E-state index in [0.717, 1.165) is 37.8 Å². The van der Waals surface area contributed by atoms with Crippen LogP contribution in [0.15, 0.2) is 23.1 Å². The fourth-order valence-electron chi connectivity index (χ4n) is 3.62. The Morgan fingerprint density at radius 2 is 1.62 bits per heavy atom. The SMILES string of the molecule is Cc1oncc1C(=O)N1CCN(c2cc(N3CCCCC3)ncn2)CC1. The molecule has 1 amide bonds. The molecule has 0 bridgehead atoms. The van der Waals surface area contributed by atoms with Crippen molar-refractivity contribution >= 4 is 17.5 Å². The van der Waals surface area contributed by atoms with Crippen molar-refractivity contribution in [3.8, 4) is 0 Å². The lowest BCUT2D eigenvalue weighted by Gasteiger charge is -2.35. The van der Waals surface area contributed by atoms with E-state index in [1.807, 2.05) is 4.90 Å². The summed E-state index contributed by atoms with van der Waals surface area (Å²) in [5, 5.41) is 3.70. The van der Waals surface area contributed by atoms with Crippen LogP contribution in [0.25, 0.3) is 0 Å². The largest absolute Gasteiger partial charge is 0.361 e. The van der Waals surface area contributed by atoms with Gasteiger partial charge >= 0.3 is 0 Å². The van der Waals surface area contributed by atoms with E-state index in [2.05, 4.69) is 31.0 Å². The van der Waals surface area contributed by atoms with Gasteiger partial charge in [-0.2, -0.15) is 0 Å². The van der Waals surface area contributed by atoms with Gasteiger partial charge in [-0.1, -0.05) is 5.16 Å². The molecule has 4 rings (SSSR count). The molecule has 2 aliphatic heterocycles. The van der Waals surface area contributed by atoms with Gasteiger partial charge in [0, 0.05) is 45.3 Å². The minimum absolute atomic E-state index is 0.0138. The molecule has 0 saturated carbocycles. The Hall–Kier alpha value is -2.64. The van der Waals surface area contributed by atoms with Gasteiger partial charge in [0.15, 0.2) is 0 Å². The Morgan fingerprint density at radius 3 is 2.23 bits per heavy atom. The van der Waals surface area contributed by atoms with Gasteiger partial charge in [0.05, 0.1) is 6.20 Å². The highest BCUT2D eigenvalue weighted by molar-refractivity contribution is 5.94. The molecule has 138 valence electrons. The normalized spacial score (nSPS) is 18.3. The zero-order valence-corrected chi connectivity index (χ0v) is 15.1. The smallest absolute Gasteiger partial charge is 0.259 e. The van der Waals surface area contributed by atoms with E-state index in [1.54, 1.807) is 13.3 Å². The summed E-state index contributed by atoms with van der Waals surface area (Å²) in [6.07, 6.45) is 6.90. The highest BCUT2D eigenvalue weighted by Gasteiger charge is 2.25. The van der Waals surface area contributed by atoms with Crippen molar-refractivity contribution in [2.45, 2.75) is 26.2 Å². The van der Waals surface area contributed by atoms with Gasteiger partial charge < -0.3 is 19.2 Å². The number of anilines is 2. The number of amides is 1. The molecule has 8 heteroatoms. The van der Waals surface area contributed by atoms with Crippen LogP contribution in [0.4, 0.5) is 11.6 Å². The molecule has 2 saturated heterocycles. The lowest BCUT2D eigenvalue weighted by atomic mass is 10.1. The lowest BCUT2D eigenvalue weighted by molar-refractivity contribution is 0.0744. The Kier molecular flexibility index (Phi) is 4.73. The van der Waals surface area contributed by atoms with Crippen molar-refractivity contribution in [1.82, 2.24) is 20.0 Å². The summed E-state index contributed by atoms with van der Waals surface area (Å²) in [7, 11) is 0. The number of carbonyl (C=O) groups is 1. The van der Waals surface area contributed by atoms with E-state index >= 15 is 0 Å². The van der Waals surface area contributed by atoms with E-state index in [0.29, 0.717) is 24.4 Å². The molecule has 4 heterocycles. The maximum Gasteiger partial charge on any atom is 0.259 e. The van der Waals surface area contributed by atoms with Gasteiger partial charge in [0.2, 0.25) is 0 Å². The van der Waals surface area contributed by atoms with Crippen molar-refractivity contribution in [3.05, 3.63) is 29.9 Å². The van der Waals surface area contributed by atoms with Crippen molar-refractivity contribution in [3.63, 3.8) is 0 Å². The monoisotopic (exact) mass is 356 g/mol. The average Bonchev–Trinajstić information content (AvgIpc) is 3.14. The number of piperidine rings is 1. The summed E-state index contributed by atoms with van der Waals surface area (Å²) in [5.41, 5.74) is 0.549. The molecule has 0 atom stereocenters. The maximum atomic E-state index is 12.6. The maximum absolute atomic E-state index is 12.6. The van der Waals surface area contributed by atoms with Crippen LogP contribution in [-0.2, 0) is 0 Å². The molecule has 0 unspecified atom stereocenters. The molecule has 0 aromatic carbocycles. The van der Waals surface area contributed by atoms with Gasteiger partial charge in [-0.05, 0) is 26.2 Å². The van der Waals surface area contributed by atoms with Crippen molar-refractivity contribution in [2.24, 2.45) is 0 Å². The number of piperazine rings is 1. The molecule has 2 aliphatic rings. The van der Waals surface area contributed by atoms with E-state index < -0.39 is 0 Å². The molecule has 0 N–H and O–H groups in total. The first-order chi connectivity index (χ1) is 12.7. The first kappa shape index (κ1) is 16.8. The van der Waals surface area contributed by atoms with E-state index in [4.69, 9.17) is 4.52 Å². The van der Waals surface area contributed by atoms with Gasteiger partial charge in [-0.15, -0.1) is 0 Å². The first-order valence-corrected chi connectivity index (χ1v) is 9.25. The molecular formula is C18H24N6O2. The fraction of sp³-hybridized carbons (Fsp3) is 0.556. The van der Waals surface area contributed by atoms with Crippen LogP contribution in [0.1, 0.15) is 35.4 Å². The Morgan fingerprint density at radius 1 is 0.962 bits per heavy atom. The minimum atomic E-state index is -0.0138. The number of rotatable bonds is 3. The molecule has 0 aliphatic carbocycles. The van der Waals surface area contributed by atoms with Crippen LogP contribution < -0.4 is 9.80 Å².